The van der Waals surface area contributed by atoms with Gasteiger partial charge in [-0.05, 0) is 73.7 Å². The maximum absolute atomic E-state index is 12.5. The molecule has 0 saturated heterocycles. The SMILES string of the molecule is Cc1ccc(-n2nc(-c3ccc(OC(F)F)cc3)cc2-c2ccc(OC(F)F)cc2)cc1. The molecule has 1 heterocycles. The molecule has 164 valence electrons. The molecule has 0 fully saturated rings. The molecule has 1 aromatic heterocycles. The van der Waals surface area contributed by atoms with Gasteiger partial charge in [-0.15, -0.1) is 0 Å². The second-order valence-electron chi connectivity index (χ2n) is 6.97. The van der Waals surface area contributed by atoms with Crippen LogP contribution in [0, 0.1) is 6.92 Å². The quantitative estimate of drug-likeness (QED) is 0.298. The number of hydrogen-bond donors (Lipinski definition) is 0. The number of benzene rings is 3. The van der Waals surface area contributed by atoms with E-state index in [0.29, 0.717) is 11.3 Å². The van der Waals surface area contributed by atoms with Gasteiger partial charge in [-0.25, -0.2) is 4.68 Å². The lowest BCUT2D eigenvalue weighted by Crippen LogP contribution is -2.02. The summed E-state index contributed by atoms with van der Waals surface area (Å²) in [5.74, 6) is 0.108. The lowest BCUT2D eigenvalue weighted by molar-refractivity contribution is -0.0505. The Kier molecular flexibility index (Phi) is 6.11. The molecule has 0 saturated carbocycles. The fourth-order valence-corrected chi connectivity index (χ4v) is 3.22. The topological polar surface area (TPSA) is 36.3 Å². The first-order chi connectivity index (χ1) is 15.4. The van der Waals surface area contributed by atoms with E-state index in [1.54, 1.807) is 28.9 Å². The Balaban J connectivity index is 1.74. The number of aryl methyl sites for hydroxylation is 1. The third-order valence-electron chi connectivity index (χ3n) is 4.74. The van der Waals surface area contributed by atoms with E-state index in [9.17, 15) is 17.6 Å². The summed E-state index contributed by atoms with van der Waals surface area (Å²) in [4.78, 5) is 0. The number of aromatic nitrogens is 2. The van der Waals surface area contributed by atoms with E-state index in [2.05, 4.69) is 9.47 Å². The highest BCUT2D eigenvalue weighted by Crippen LogP contribution is 2.31. The van der Waals surface area contributed by atoms with Gasteiger partial charge in [0.15, 0.2) is 0 Å². The van der Waals surface area contributed by atoms with Crippen molar-refractivity contribution in [1.82, 2.24) is 9.78 Å². The molecule has 4 rings (SSSR count). The molecular formula is C24H18F4N2O2. The minimum absolute atomic E-state index is 0.0524. The number of halogens is 4. The number of hydrogen-bond acceptors (Lipinski definition) is 3. The Morgan fingerprint density at radius 3 is 1.69 bits per heavy atom. The molecule has 4 nitrogen and oxygen atoms in total. The molecular weight excluding hydrogens is 424 g/mol. The third-order valence-corrected chi connectivity index (χ3v) is 4.74. The van der Waals surface area contributed by atoms with Gasteiger partial charge in [0, 0.05) is 11.1 Å². The summed E-state index contributed by atoms with van der Waals surface area (Å²) in [5.41, 5.74) is 4.67. The lowest BCUT2D eigenvalue weighted by Gasteiger charge is -2.09. The van der Waals surface area contributed by atoms with E-state index in [1.807, 2.05) is 37.3 Å². The molecule has 3 aromatic carbocycles. The Morgan fingerprint density at radius 2 is 1.19 bits per heavy atom. The summed E-state index contributed by atoms with van der Waals surface area (Å²) >= 11 is 0. The van der Waals surface area contributed by atoms with Gasteiger partial charge >= 0.3 is 13.2 Å². The van der Waals surface area contributed by atoms with E-state index in [4.69, 9.17) is 5.10 Å². The molecule has 0 amide bonds. The molecule has 0 N–H and O–H groups in total. The van der Waals surface area contributed by atoms with Crippen LogP contribution in [0.15, 0.2) is 78.9 Å². The summed E-state index contributed by atoms with van der Waals surface area (Å²) in [6.07, 6.45) is 0. The van der Waals surface area contributed by atoms with Crippen LogP contribution in [0.2, 0.25) is 0 Å². The maximum atomic E-state index is 12.5. The average molecular weight is 442 g/mol. The summed E-state index contributed by atoms with van der Waals surface area (Å²) in [7, 11) is 0. The first kappa shape index (κ1) is 21.4. The van der Waals surface area contributed by atoms with Gasteiger partial charge < -0.3 is 9.47 Å². The predicted molar refractivity (Wildman–Crippen MR) is 112 cm³/mol. The van der Waals surface area contributed by atoms with Crippen LogP contribution < -0.4 is 9.47 Å². The van der Waals surface area contributed by atoms with Crippen molar-refractivity contribution >= 4 is 0 Å². The smallest absolute Gasteiger partial charge is 0.387 e. The van der Waals surface area contributed by atoms with E-state index in [0.717, 1.165) is 22.5 Å². The molecule has 0 atom stereocenters. The minimum Gasteiger partial charge on any atom is -0.435 e. The summed E-state index contributed by atoms with van der Waals surface area (Å²) in [6.45, 7) is -3.82. The summed E-state index contributed by atoms with van der Waals surface area (Å²) < 4.78 is 60.3. The van der Waals surface area contributed by atoms with Crippen molar-refractivity contribution in [1.29, 1.82) is 0 Å². The first-order valence-corrected chi connectivity index (χ1v) is 9.66. The molecule has 0 aliphatic heterocycles. The van der Waals surface area contributed by atoms with E-state index < -0.39 is 13.2 Å². The third kappa shape index (κ3) is 4.91. The number of nitrogens with zero attached hydrogens (tertiary/aromatic N) is 2. The molecule has 0 bridgehead atoms. The lowest BCUT2D eigenvalue weighted by atomic mass is 10.1. The zero-order valence-electron chi connectivity index (χ0n) is 16.9. The van der Waals surface area contributed by atoms with E-state index >= 15 is 0 Å². The van der Waals surface area contributed by atoms with Crippen LogP contribution in [0.4, 0.5) is 17.6 Å². The van der Waals surface area contributed by atoms with Crippen LogP contribution in [0.5, 0.6) is 11.5 Å². The highest BCUT2D eigenvalue weighted by atomic mass is 19.3. The average Bonchev–Trinajstić information content (AvgIpc) is 3.20. The number of alkyl halides is 4. The van der Waals surface area contributed by atoms with Crippen LogP contribution in [0.25, 0.3) is 28.2 Å². The fourth-order valence-electron chi connectivity index (χ4n) is 3.22. The van der Waals surface area contributed by atoms with Gasteiger partial charge in [-0.3, -0.25) is 0 Å². The Bertz CT molecular complexity index is 1170. The molecule has 0 aliphatic rings. The monoisotopic (exact) mass is 442 g/mol. The second kappa shape index (κ2) is 9.13. The van der Waals surface area contributed by atoms with Gasteiger partial charge in [0.1, 0.15) is 11.5 Å². The Hall–Kier alpha value is -3.81. The van der Waals surface area contributed by atoms with Crippen molar-refractivity contribution in [3.05, 3.63) is 84.4 Å². The van der Waals surface area contributed by atoms with Crippen molar-refractivity contribution in [3.63, 3.8) is 0 Å². The number of ether oxygens (including phenoxy) is 2. The predicted octanol–water partition coefficient (Wildman–Crippen LogP) is 6.72. The van der Waals surface area contributed by atoms with E-state index in [1.165, 1.54) is 24.3 Å². The Morgan fingerprint density at radius 1 is 0.688 bits per heavy atom. The van der Waals surface area contributed by atoms with Crippen molar-refractivity contribution in [2.45, 2.75) is 20.1 Å². The van der Waals surface area contributed by atoms with Crippen molar-refractivity contribution in [2.24, 2.45) is 0 Å². The van der Waals surface area contributed by atoms with Gasteiger partial charge in [0.05, 0.1) is 17.1 Å². The van der Waals surface area contributed by atoms with Gasteiger partial charge in [-0.2, -0.15) is 22.7 Å². The van der Waals surface area contributed by atoms with Gasteiger partial charge in [-0.1, -0.05) is 17.7 Å². The van der Waals surface area contributed by atoms with Crippen molar-refractivity contribution < 1.29 is 27.0 Å². The number of rotatable bonds is 7. The molecule has 32 heavy (non-hydrogen) atoms. The summed E-state index contributed by atoms with van der Waals surface area (Å²) in [6, 6.07) is 22.0. The largest absolute Gasteiger partial charge is 0.435 e. The van der Waals surface area contributed by atoms with Crippen LogP contribution in [-0.2, 0) is 0 Å². The molecule has 0 aliphatic carbocycles. The highest BCUT2D eigenvalue weighted by molar-refractivity contribution is 5.71. The Labute approximate surface area is 181 Å². The molecule has 0 unspecified atom stereocenters. The minimum atomic E-state index is -2.90. The normalized spacial score (nSPS) is 11.2. The molecule has 0 spiro atoms. The van der Waals surface area contributed by atoms with Crippen LogP contribution in [0.3, 0.4) is 0 Å². The summed E-state index contributed by atoms with van der Waals surface area (Å²) in [5, 5.41) is 4.69. The van der Waals surface area contributed by atoms with Crippen molar-refractivity contribution in [2.75, 3.05) is 0 Å². The fraction of sp³-hybridized carbons (Fsp3) is 0.125. The van der Waals surface area contributed by atoms with Gasteiger partial charge in [0.2, 0.25) is 0 Å². The molecule has 0 radical (unpaired) electrons. The van der Waals surface area contributed by atoms with Crippen molar-refractivity contribution in [3.8, 4) is 39.7 Å². The molecule has 4 aromatic rings. The van der Waals surface area contributed by atoms with Crippen LogP contribution in [-0.4, -0.2) is 23.0 Å². The second-order valence-corrected chi connectivity index (χ2v) is 6.97. The zero-order valence-corrected chi connectivity index (χ0v) is 16.9. The standard InChI is InChI=1S/C24H18F4N2O2/c1-15-2-8-18(9-3-15)30-22(17-6-12-20(13-7-17)32-24(27)28)14-21(29-30)16-4-10-19(11-5-16)31-23(25)26/h2-14,23-24H,1H3. The zero-order chi connectivity index (χ0) is 22.7. The first-order valence-electron chi connectivity index (χ1n) is 9.66. The van der Waals surface area contributed by atoms with E-state index in [-0.39, 0.29) is 11.5 Å². The molecule has 8 heteroatoms. The highest BCUT2D eigenvalue weighted by Gasteiger charge is 2.14. The van der Waals surface area contributed by atoms with Crippen LogP contribution >= 0.6 is 0 Å². The van der Waals surface area contributed by atoms with Crippen LogP contribution in [0.1, 0.15) is 5.56 Å². The maximum Gasteiger partial charge on any atom is 0.387 e. The van der Waals surface area contributed by atoms with Gasteiger partial charge in [0.25, 0.3) is 0 Å².